The molecule has 0 unspecified atom stereocenters. The van der Waals surface area contributed by atoms with Crippen LogP contribution in [0.4, 0.5) is 0 Å². The number of hydrogen-bond donors (Lipinski definition) is 1. The number of aryl methyl sites for hydroxylation is 1. The molecular weight excluding hydrogens is 434 g/mol. The second-order valence-corrected chi connectivity index (χ2v) is 8.55. The van der Waals surface area contributed by atoms with Gasteiger partial charge in [-0.1, -0.05) is 52.9 Å². The van der Waals surface area contributed by atoms with Crippen LogP contribution in [0.15, 0.2) is 58.2 Å². The van der Waals surface area contributed by atoms with Gasteiger partial charge in [0, 0.05) is 12.1 Å². The largest absolute Gasteiger partial charge is 0.497 e. The van der Waals surface area contributed by atoms with E-state index in [1.807, 2.05) is 55.5 Å². The van der Waals surface area contributed by atoms with Crippen molar-refractivity contribution < 1.29 is 13.9 Å². The lowest BCUT2D eigenvalue weighted by atomic mass is 10.1. The minimum atomic E-state index is -0.242. The summed E-state index contributed by atoms with van der Waals surface area (Å²) in [5.41, 5.74) is 3.02. The summed E-state index contributed by atoms with van der Waals surface area (Å²) in [6.07, 6.45) is 0. The standard InChI is InChI=1S/C21H19N5O3S2/c1-13-3-5-14(6-4-13)11-22-18(27)20-25-23-17(31-20)12-30-21-26-24-19(29-21)15-7-9-16(28-2)10-8-15/h3-10H,11-12H2,1-2H3,(H,22,27). The molecular formula is C21H19N5O3S2. The number of benzene rings is 2. The van der Waals surface area contributed by atoms with Gasteiger partial charge in [-0.2, -0.15) is 0 Å². The minimum absolute atomic E-state index is 0.242. The van der Waals surface area contributed by atoms with Gasteiger partial charge >= 0.3 is 0 Å². The van der Waals surface area contributed by atoms with Gasteiger partial charge in [0.2, 0.25) is 10.9 Å². The third-order valence-electron chi connectivity index (χ3n) is 4.30. The monoisotopic (exact) mass is 453 g/mol. The summed E-state index contributed by atoms with van der Waals surface area (Å²) in [5.74, 6) is 1.42. The van der Waals surface area contributed by atoms with Crippen LogP contribution >= 0.6 is 23.1 Å². The normalized spacial score (nSPS) is 10.8. The highest BCUT2D eigenvalue weighted by Gasteiger charge is 2.15. The number of carbonyl (C=O) groups excluding carboxylic acids is 1. The molecule has 1 N–H and O–H groups in total. The molecule has 4 rings (SSSR count). The number of rotatable bonds is 8. The molecule has 0 aliphatic heterocycles. The Kier molecular flexibility index (Phi) is 6.58. The lowest BCUT2D eigenvalue weighted by Crippen LogP contribution is -2.22. The maximum Gasteiger partial charge on any atom is 0.282 e. The molecule has 8 nitrogen and oxygen atoms in total. The van der Waals surface area contributed by atoms with Crippen LogP contribution in [0.1, 0.15) is 25.9 Å². The summed E-state index contributed by atoms with van der Waals surface area (Å²) in [6.45, 7) is 2.47. The third kappa shape index (κ3) is 5.47. The first-order valence-corrected chi connectivity index (χ1v) is 11.2. The van der Waals surface area contributed by atoms with Crippen LogP contribution < -0.4 is 10.1 Å². The zero-order valence-corrected chi connectivity index (χ0v) is 18.5. The topological polar surface area (TPSA) is 103 Å². The highest BCUT2D eigenvalue weighted by atomic mass is 32.2. The molecule has 2 aromatic heterocycles. The van der Waals surface area contributed by atoms with Gasteiger partial charge in [0.15, 0.2) is 0 Å². The van der Waals surface area contributed by atoms with Crippen molar-refractivity contribution in [2.45, 2.75) is 24.4 Å². The molecule has 0 saturated heterocycles. The molecule has 0 saturated carbocycles. The first-order chi connectivity index (χ1) is 15.1. The summed E-state index contributed by atoms with van der Waals surface area (Å²) in [6, 6.07) is 15.4. The Morgan fingerprint density at radius 3 is 2.58 bits per heavy atom. The Labute approximate surface area is 187 Å². The number of amides is 1. The van der Waals surface area contributed by atoms with Gasteiger partial charge in [-0.25, -0.2) is 0 Å². The van der Waals surface area contributed by atoms with Crippen molar-refractivity contribution in [2.75, 3.05) is 7.11 Å². The summed E-state index contributed by atoms with van der Waals surface area (Å²) in [4.78, 5) is 12.3. The minimum Gasteiger partial charge on any atom is -0.497 e. The second kappa shape index (κ2) is 9.71. The number of nitrogens with zero attached hydrogens (tertiary/aromatic N) is 4. The number of hydrogen-bond acceptors (Lipinski definition) is 9. The Morgan fingerprint density at radius 1 is 1.06 bits per heavy atom. The maximum absolute atomic E-state index is 12.3. The fraction of sp³-hybridized carbons (Fsp3) is 0.190. The van der Waals surface area contributed by atoms with Crippen molar-refractivity contribution in [3.63, 3.8) is 0 Å². The summed E-state index contributed by atoms with van der Waals surface area (Å²) in [7, 11) is 1.61. The van der Waals surface area contributed by atoms with Crippen LogP contribution in [0.25, 0.3) is 11.5 Å². The van der Waals surface area contributed by atoms with Gasteiger partial charge in [0.25, 0.3) is 11.1 Å². The zero-order chi connectivity index (χ0) is 21.6. The van der Waals surface area contributed by atoms with Gasteiger partial charge in [-0.3, -0.25) is 4.79 Å². The number of methoxy groups -OCH3 is 1. The Balaban J connectivity index is 1.30. The average Bonchev–Trinajstić information content (AvgIpc) is 3.47. The molecule has 0 bridgehead atoms. The van der Waals surface area contributed by atoms with Crippen molar-refractivity contribution in [3.8, 4) is 17.2 Å². The number of ether oxygens (including phenoxy) is 1. The molecule has 10 heteroatoms. The molecule has 2 aromatic carbocycles. The molecule has 158 valence electrons. The van der Waals surface area contributed by atoms with Gasteiger partial charge in [0.1, 0.15) is 10.8 Å². The van der Waals surface area contributed by atoms with Gasteiger partial charge in [0.05, 0.1) is 12.9 Å². The van der Waals surface area contributed by atoms with Crippen LogP contribution in [-0.4, -0.2) is 33.4 Å². The van der Waals surface area contributed by atoms with E-state index < -0.39 is 0 Å². The number of nitrogens with one attached hydrogen (secondary N) is 1. The zero-order valence-electron chi connectivity index (χ0n) is 16.9. The van der Waals surface area contributed by atoms with Crippen molar-refractivity contribution in [3.05, 3.63) is 69.7 Å². The van der Waals surface area contributed by atoms with E-state index in [1.165, 1.54) is 28.7 Å². The Hall–Kier alpha value is -3.24. The van der Waals surface area contributed by atoms with E-state index in [0.29, 0.717) is 33.4 Å². The molecule has 0 spiro atoms. The third-order valence-corrected chi connectivity index (χ3v) is 6.23. The second-order valence-electron chi connectivity index (χ2n) is 6.56. The van der Waals surface area contributed by atoms with Gasteiger partial charge in [-0.05, 0) is 36.8 Å². The van der Waals surface area contributed by atoms with Crippen molar-refractivity contribution >= 4 is 29.0 Å². The van der Waals surface area contributed by atoms with E-state index in [0.717, 1.165) is 16.9 Å². The summed E-state index contributed by atoms with van der Waals surface area (Å²) < 4.78 is 10.8. The molecule has 0 aliphatic rings. The molecule has 1 amide bonds. The Bertz CT molecular complexity index is 1160. The lowest BCUT2D eigenvalue weighted by molar-refractivity contribution is 0.0950. The predicted octanol–water partition coefficient (Wildman–Crippen LogP) is 4.13. The number of carbonyl (C=O) groups is 1. The molecule has 0 aliphatic carbocycles. The fourth-order valence-electron chi connectivity index (χ4n) is 2.61. The molecule has 31 heavy (non-hydrogen) atoms. The molecule has 0 atom stereocenters. The van der Waals surface area contributed by atoms with E-state index in [4.69, 9.17) is 9.15 Å². The van der Waals surface area contributed by atoms with Gasteiger partial charge in [-0.15, -0.1) is 20.4 Å². The highest BCUT2D eigenvalue weighted by Crippen LogP contribution is 2.27. The van der Waals surface area contributed by atoms with E-state index in [1.54, 1.807) is 7.11 Å². The first-order valence-electron chi connectivity index (χ1n) is 9.37. The van der Waals surface area contributed by atoms with Crippen LogP contribution in [0.2, 0.25) is 0 Å². The molecule has 4 aromatic rings. The molecule has 2 heterocycles. The number of aromatic nitrogens is 4. The van der Waals surface area contributed by atoms with Crippen LogP contribution in [-0.2, 0) is 12.3 Å². The van der Waals surface area contributed by atoms with Crippen LogP contribution in [0.5, 0.6) is 5.75 Å². The number of thioether (sulfide) groups is 1. The fourth-order valence-corrected chi connectivity index (χ4v) is 4.11. The quantitative estimate of drug-likeness (QED) is 0.397. The SMILES string of the molecule is COc1ccc(-c2nnc(SCc3nnc(C(=O)NCc4ccc(C)cc4)s3)o2)cc1. The van der Waals surface area contributed by atoms with Gasteiger partial charge < -0.3 is 14.5 Å². The van der Waals surface area contributed by atoms with Crippen molar-refractivity contribution in [1.82, 2.24) is 25.7 Å². The van der Waals surface area contributed by atoms with Crippen LogP contribution in [0.3, 0.4) is 0 Å². The smallest absolute Gasteiger partial charge is 0.282 e. The highest BCUT2D eigenvalue weighted by molar-refractivity contribution is 7.98. The van der Waals surface area contributed by atoms with Crippen molar-refractivity contribution in [2.24, 2.45) is 0 Å². The predicted molar refractivity (Wildman–Crippen MR) is 118 cm³/mol. The van der Waals surface area contributed by atoms with Crippen molar-refractivity contribution in [1.29, 1.82) is 0 Å². The van der Waals surface area contributed by atoms with E-state index in [9.17, 15) is 4.79 Å². The van der Waals surface area contributed by atoms with E-state index in [2.05, 4.69) is 25.7 Å². The molecule has 0 fully saturated rings. The summed E-state index contributed by atoms with van der Waals surface area (Å²) >= 11 is 2.59. The summed E-state index contributed by atoms with van der Waals surface area (Å²) in [5, 5.41) is 20.5. The Morgan fingerprint density at radius 2 is 1.84 bits per heavy atom. The van der Waals surface area contributed by atoms with E-state index >= 15 is 0 Å². The molecule has 0 radical (unpaired) electrons. The maximum atomic E-state index is 12.3. The first kappa shape index (κ1) is 21.0. The van der Waals surface area contributed by atoms with Crippen LogP contribution in [0, 0.1) is 6.92 Å². The lowest BCUT2D eigenvalue weighted by Gasteiger charge is -2.03. The average molecular weight is 454 g/mol. The van der Waals surface area contributed by atoms with E-state index in [-0.39, 0.29) is 5.91 Å².